The highest BCUT2D eigenvalue weighted by molar-refractivity contribution is 7.92. The van der Waals surface area contributed by atoms with Gasteiger partial charge in [0.25, 0.3) is 0 Å². The zero-order chi connectivity index (χ0) is 11.6. The van der Waals surface area contributed by atoms with Gasteiger partial charge in [0.15, 0.2) is 0 Å². The molecule has 0 saturated heterocycles. The Kier molecular flexibility index (Phi) is 4.01. The highest BCUT2D eigenvalue weighted by Crippen LogP contribution is 2.21. The Balaban J connectivity index is 4.53. The van der Waals surface area contributed by atoms with E-state index in [9.17, 15) is 17.4 Å². The Morgan fingerprint density at radius 2 is 1.64 bits per heavy atom. The van der Waals surface area contributed by atoms with Crippen molar-refractivity contribution in [1.82, 2.24) is 0 Å². The number of rotatable bonds is 2. The lowest BCUT2D eigenvalue weighted by Gasteiger charge is -2.15. The first kappa shape index (κ1) is 13.7. The number of hydrogen-bond acceptors (Lipinski definition) is 2. The zero-order valence-corrected chi connectivity index (χ0v) is 9.63. The minimum atomic E-state index is -4.26. The van der Waals surface area contributed by atoms with Crippen LogP contribution in [0.3, 0.4) is 0 Å². The summed E-state index contributed by atoms with van der Waals surface area (Å²) in [6.07, 6.45) is -4.03. The maximum absolute atomic E-state index is 11.9. The Morgan fingerprint density at radius 3 is 1.93 bits per heavy atom. The van der Waals surface area contributed by atoms with E-state index < -0.39 is 33.6 Å². The average Bonchev–Trinajstić information content (AvgIpc) is 1.76. The third kappa shape index (κ3) is 8.34. The van der Waals surface area contributed by atoms with Crippen LogP contribution in [0.5, 0.6) is 0 Å². The molecule has 0 heterocycles. The van der Waals surface area contributed by atoms with Crippen LogP contribution in [0, 0.1) is 0 Å². The highest BCUT2D eigenvalue weighted by Gasteiger charge is 2.28. The summed E-state index contributed by atoms with van der Waals surface area (Å²) in [5.74, 6) is -0.423. The summed E-state index contributed by atoms with van der Waals surface area (Å²) in [7, 11) is -2.72. The van der Waals surface area contributed by atoms with Crippen molar-refractivity contribution in [2.45, 2.75) is 38.9 Å². The largest absolute Gasteiger partial charge is 0.390 e. The first-order valence-corrected chi connectivity index (χ1v) is 6.28. The van der Waals surface area contributed by atoms with E-state index in [0.717, 1.165) is 0 Å². The molecule has 0 spiro atoms. The van der Waals surface area contributed by atoms with Crippen LogP contribution in [0.1, 0.15) is 27.2 Å². The van der Waals surface area contributed by atoms with Gasteiger partial charge in [0.05, 0.1) is 12.0 Å². The predicted molar refractivity (Wildman–Crippen MR) is 51.8 cm³/mol. The van der Waals surface area contributed by atoms with Crippen LogP contribution >= 0.6 is 0 Å². The molecule has 2 nitrogen and oxygen atoms in total. The second kappa shape index (κ2) is 4.08. The van der Waals surface area contributed by atoms with Gasteiger partial charge in [-0.1, -0.05) is 0 Å². The quantitative estimate of drug-likeness (QED) is 0.718. The molecule has 0 radical (unpaired) electrons. The lowest BCUT2D eigenvalue weighted by Crippen LogP contribution is -2.19. The highest BCUT2D eigenvalue weighted by atomic mass is 32.2. The third-order valence-corrected chi connectivity index (χ3v) is 3.13. The van der Waals surface area contributed by atoms with Gasteiger partial charge in [0.1, 0.15) is 0 Å². The molecule has 0 saturated carbocycles. The van der Waals surface area contributed by atoms with Crippen LogP contribution in [0.4, 0.5) is 13.2 Å². The maximum atomic E-state index is 11.9. The van der Waals surface area contributed by atoms with Crippen molar-refractivity contribution >= 4 is 9.73 Å². The second-order valence-electron chi connectivity index (χ2n) is 4.29. The molecule has 0 aromatic carbocycles. The normalized spacial score (nSPS) is 17.6. The SMILES string of the molecule is CC(C)(C)N=S(C)(=O)CCC(F)(F)F. The number of alkyl halides is 3. The molecule has 0 aromatic rings. The first-order valence-electron chi connectivity index (χ1n) is 4.19. The fraction of sp³-hybridized carbons (Fsp3) is 1.00. The van der Waals surface area contributed by atoms with Gasteiger partial charge in [-0.05, 0) is 20.8 Å². The van der Waals surface area contributed by atoms with Crippen LogP contribution in [0.25, 0.3) is 0 Å². The summed E-state index contributed by atoms with van der Waals surface area (Å²) in [6.45, 7) is 5.14. The maximum Gasteiger partial charge on any atom is 0.390 e. The van der Waals surface area contributed by atoms with Crippen molar-refractivity contribution in [3.8, 4) is 0 Å². The van der Waals surface area contributed by atoms with E-state index in [1.54, 1.807) is 20.8 Å². The molecule has 86 valence electrons. The molecule has 1 atom stereocenters. The number of hydrogen-bond donors (Lipinski definition) is 0. The van der Waals surface area contributed by atoms with Crippen molar-refractivity contribution in [2.24, 2.45) is 4.36 Å². The molecule has 6 heteroatoms. The van der Waals surface area contributed by atoms with Gasteiger partial charge in [0.2, 0.25) is 0 Å². The second-order valence-corrected chi connectivity index (χ2v) is 6.80. The summed E-state index contributed by atoms with van der Waals surface area (Å²) in [6, 6.07) is 0. The van der Waals surface area contributed by atoms with E-state index in [1.807, 2.05) is 0 Å². The predicted octanol–water partition coefficient (Wildman–Crippen LogP) is 2.84. The van der Waals surface area contributed by atoms with Crippen molar-refractivity contribution in [3.05, 3.63) is 0 Å². The van der Waals surface area contributed by atoms with E-state index in [4.69, 9.17) is 0 Å². The monoisotopic (exact) mass is 231 g/mol. The van der Waals surface area contributed by atoms with Crippen LogP contribution < -0.4 is 0 Å². The Morgan fingerprint density at radius 1 is 1.21 bits per heavy atom. The minimum Gasteiger partial charge on any atom is -0.250 e. The fourth-order valence-electron chi connectivity index (χ4n) is 0.930. The summed E-state index contributed by atoms with van der Waals surface area (Å²) < 4.78 is 51.0. The van der Waals surface area contributed by atoms with Crippen LogP contribution in [0.15, 0.2) is 4.36 Å². The molecule has 14 heavy (non-hydrogen) atoms. The van der Waals surface area contributed by atoms with Gasteiger partial charge in [-0.15, -0.1) is 0 Å². The molecule has 0 aliphatic carbocycles. The van der Waals surface area contributed by atoms with Gasteiger partial charge in [0, 0.05) is 21.7 Å². The zero-order valence-electron chi connectivity index (χ0n) is 8.81. The third-order valence-electron chi connectivity index (χ3n) is 1.23. The Hall–Kier alpha value is -0.260. The molecule has 0 amide bonds. The van der Waals surface area contributed by atoms with Crippen molar-refractivity contribution < 1.29 is 17.4 Å². The van der Waals surface area contributed by atoms with Crippen LogP contribution in [-0.2, 0) is 9.73 Å². The molecular formula is C8H16F3NOS. The van der Waals surface area contributed by atoms with Crippen molar-refractivity contribution in [3.63, 3.8) is 0 Å². The van der Waals surface area contributed by atoms with Crippen LogP contribution in [-0.4, -0.2) is 27.9 Å². The van der Waals surface area contributed by atoms with E-state index in [0.29, 0.717) is 0 Å². The van der Waals surface area contributed by atoms with E-state index in [1.165, 1.54) is 6.26 Å². The van der Waals surface area contributed by atoms with Crippen molar-refractivity contribution in [1.29, 1.82) is 0 Å². The lowest BCUT2D eigenvalue weighted by atomic mass is 10.1. The molecular weight excluding hydrogens is 215 g/mol. The Bertz CT molecular complexity index is 295. The summed E-state index contributed by atoms with van der Waals surface area (Å²) in [4.78, 5) is 0. The number of halogens is 3. The molecule has 0 aromatic heterocycles. The van der Waals surface area contributed by atoms with Gasteiger partial charge in [-0.2, -0.15) is 13.2 Å². The van der Waals surface area contributed by atoms with E-state index >= 15 is 0 Å². The van der Waals surface area contributed by atoms with Gasteiger partial charge in [-0.3, -0.25) is 4.21 Å². The van der Waals surface area contributed by atoms with E-state index in [2.05, 4.69) is 4.36 Å². The fourth-order valence-corrected chi connectivity index (χ4v) is 2.79. The van der Waals surface area contributed by atoms with Crippen molar-refractivity contribution in [2.75, 3.05) is 12.0 Å². The molecule has 0 aliphatic rings. The van der Waals surface area contributed by atoms with Gasteiger partial charge < -0.3 is 0 Å². The molecule has 0 rings (SSSR count). The van der Waals surface area contributed by atoms with Gasteiger partial charge in [-0.25, -0.2) is 4.36 Å². The molecule has 1 unspecified atom stereocenters. The first-order chi connectivity index (χ1) is 5.91. The standard InChI is InChI=1S/C8H16F3NOS/c1-7(2,3)12-14(4,13)6-5-8(9,10)11/h5-6H2,1-4H3. The lowest BCUT2D eigenvalue weighted by molar-refractivity contribution is -0.129. The molecule has 0 bridgehead atoms. The average molecular weight is 231 g/mol. The smallest absolute Gasteiger partial charge is 0.250 e. The Labute approximate surface area is 83.1 Å². The van der Waals surface area contributed by atoms with Crippen LogP contribution in [0.2, 0.25) is 0 Å². The molecule has 0 N–H and O–H groups in total. The summed E-state index contributed by atoms with van der Waals surface area (Å²) in [5, 5.41) is 0. The van der Waals surface area contributed by atoms with Gasteiger partial charge >= 0.3 is 6.18 Å². The minimum absolute atomic E-state index is 0.423. The topological polar surface area (TPSA) is 29.4 Å². The molecule has 0 fully saturated rings. The number of nitrogens with zero attached hydrogens (tertiary/aromatic N) is 1. The van der Waals surface area contributed by atoms with E-state index in [-0.39, 0.29) is 0 Å². The summed E-state index contributed by atoms with van der Waals surface area (Å²) in [5.41, 5.74) is -0.558. The summed E-state index contributed by atoms with van der Waals surface area (Å²) >= 11 is 0. The molecule has 0 aliphatic heterocycles.